The number of benzene rings is 1. The first kappa shape index (κ1) is 15.0. The smallest absolute Gasteiger partial charge is 0.170 e. The lowest BCUT2D eigenvalue weighted by atomic mass is 9.72. The number of rotatable bonds is 4. The summed E-state index contributed by atoms with van der Waals surface area (Å²) >= 11 is 0. The molecule has 0 aromatic heterocycles. The van der Waals surface area contributed by atoms with Crippen molar-refractivity contribution in [2.24, 2.45) is 5.41 Å². The molecule has 3 nitrogen and oxygen atoms in total. The van der Waals surface area contributed by atoms with Crippen molar-refractivity contribution in [1.29, 1.82) is 0 Å². The predicted molar refractivity (Wildman–Crippen MR) is 81.6 cm³/mol. The molecule has 1 N–H and O–H groups in total. The molecule has 0 aliphatic carbocycles. The third-order valence-electron chi connectivity index (χ3n) is 4.62. The lowest BCUT2D eigenvalue weighted by Gasteiger charge is -2.36. The summed E-state index contributed by atoms with van der Waals surface area (Å²) in [4.78, 5) is 13.0. The Hall–Kier alpha value is -1.35. The molecule has 1 aliphatic heterocycles. The molecule has 1 heterocycles. The zero-order valence-electron chi connectivity index (χ0n) is 13.0. The maximum atomic E-state index is 13.0. The van der Waals surface area contributed by atoms with E-state index in [-0.39, 0.29) is 11.2 Å². The van der Waals surface area contributed by atoms with Crippen LogP contribution in [0, 0.1) is 19.3 Å². The van der Waals surface area contributed by atoms with E-state index in [1.165, 1.54) is 0 Å². The standard InChI is InChI=1S/C17H25NO2/c1-5-17(7-6-8-18-11-17)16(19)14-9-13(3)15(20-4)10-12(14)2/h9-10,18H,5-8,11H2,1-4H3. The Labute approximate surface area is 121 Å². The minimum absolute atomic E-state index is 0.232. The van der Waals surface area contributed by atoms with Crippen LogP contribution in [0.25, 0.3) is 0 Å². The Morgan fingerprint density at radius 1 is 1.35 bits per heavy atom. The molecule has 0 radical (unpaired) electrons. The SMILES string of the molecule is CCC1(C(=O)c2cc(C)c(OC)cc2C)CCCNC1. The van der Waals surface area contributed by atoms with Gasteiger partial charge in [0.2, 0.25) is 0 Å². The van der Waals surface area contributed by atoms with Gasteiger partial charge in [0, 0.05) is 17.5 Å². The molecule has 1 unspecified atom stereocenters. The van der Waals surface area contributed by atoms with Crippen molar-refractivity contribution in [3.05, 3.63) is 28.8 Å². The number of carbonyl (C=O) groups is 1. The van der Waals surface area contributed by atoms with Crippen LogP contribution >= 0.6 is 0 Å². The Bertz CT molecular complexity index is 502. The van der Waals surface area contributed by atoms with Crippen LogP contribution < -0.4 is 10.1 Å². The number of methoxy groups -OCH3 is 1. The first-order valence-electron chi connectivity index (χ1n) is 7.45. The summed E-state index contributed by atoms with van der Waals surface area (Å²) in [5, 5.41) is 3.39. The third-order valence-corrected chi connectivity index (χ3v) is 4.62. The van der Waals surface area contributed by atoms with Crippen LogP contribution in [-0.4, -0.2) is 26.0 Å². The summed E-state index contributed by atoms with van der Waals surface area (Å²) in [6.45, 7) is 7.93. The number of Topliss-reactive ketones (excluding diaryl/α,β-unsaturated/α-hetero) is 1. The topological polar surface area (TPSA) is 38.3 Å². The van der Waals surface area contributed by atoms with Crippen molar-refractivity contribution in [1.82, 2.24) is 5.32 Å². The molecule has 1 aromatic carbocycles. The molecule has 0 amide bonds. The van der Waals surface area contributed by atoms with Gasteiger partial charge in [0.1, 0.15) is 5.75 Å². The minimum Gasteiger partial charge on any atom is -0.496 e. The zero-order chi connectivity index (χ0) is 14.8. The van der Waals surface area contributed by atoms with Crippen LogP contribution in [0.4, 0.5) is 0 Å². The molecule has 1 atom stereocenters. The number of aryl methyl sites for hydroxylation is 2. The van der Waals surface area contributed by atoms with Crippen molar-refractivity contribution >= 4 is 5.78 Å². The van der Waals surface area contributed by atoms with Crippen molar-refractivity contribution in [2.75, 3.05) is 20.2 Å². The highest BCUT2D eigenvalue weighted by Crippen LogP contribution is 2.36. The molecule has 0 spiro atoms. The molecule has 110 valence electrons. The van der Waals surface area contributed by atoms with Gasteiger partial charge in [-0.25, -0.2) is 0 Å². The number of hydrogen-bond acceptors (Lipinski definition) is 3. The Kier molecular flexibility index (Phi) is 4.48. The van der Waals surface area contributed by atoms with E-state index >= 15 is 0 Å². The fraction of sp³-hybridized carbons (Fsp3) is 0.588. The van der Waals surface area contributed by atoms with Crippen LogP contribution in [0.3, 0.4) is 0 Å². The molecule has 3 heteroatoms. The van der Waals surface area contributed by atoms with Crippen LogP contribution in [0.5, 0.6) is 5.75 Å². The lowest BCUT2D eigenvalue weighted by Crippen LogP contribution is -2.45. The summed E-state index contributed by atoms with van der Waals surface area (Å²) in [7, 11) is 1.67. The Balaban J connectivity index is 2.39. The molecule has 1 fully saturated rings. The summed E-state index contributed by atoms with van der Waals surface area (Å²) in [6, 6.07) is 3.96. The van der Waals surface area contributed by atoms with Gasteiger partial charge in [0.25, 0.3) is 0 Å². The third kappa shape index (κ3) is 2.59. The molecular formula is C17H25NO2. The van der Waals surface area contributed by atoms with Gasteiger partial charge in [0.05, 0.1) is 7.11 Å². The van der Waals surface area contributed by atoms with E-state index in [0.29, 0.717) is 0 Å². The van der Waals surface area contributed by atoms with E-state index < -0.39 is 0 Å². The second-order valence-corrected chi connectivity index (χ2v) is 5.88. The molecule has 2 rings (SSSR count). The van der Waals surface area contributed by atoms with Gasteiger partial charge in [-0.1, -0.05) is 6.92 Å². The number of nitrogens with one attached hydrogen (secondary N) is 1. The molecule has 1 aromatic rings. The van der Waals surface area contributed by atoms with E-state index in [9.17, 15) is 4.79 Å². The molecule has 1 saturated heterocycles. The largest absolute Gasteiger partial charge is 0.496 e. The molecule has 0 bridgehead atoms. The van der Waals surface area contributed by atoms with Gasteiger partial charge in [-0.05, 0) is 62.9 Å². The van der Waals surface area contributed by atoms with Crippen LogP contribution in [0.1, 0.15) is 47.7 Å². The fourth-order valence-corrected chi connectivity index (χ4v) is 3.16. The number of piperidine rings is 1. The highest BCUT2D eigenvalue weighted by Gasteiger charge is 2.38. The summed E-state index contributed by atoms with van der Waals surface area (Å²) in [5.41, 5.74) is 2.66. The Morgan fingerprint density at radius 3 is 2.65 bits per heavy atom. The van der Waals surface area contributed by atoms with Gasteiger partial charge in [-0.3, -0.25) is 4.79 Å². The van der Waals surface area contributed by atoms with E-state index in [0.717, 1.165) is 54.8 Å². The second-order valence-electron chi connectivity index (χ2n) is 5.88. The number of hydrogen-bond donors (Lipinski definition) is 1. The summed E-state index contributed by atoms with van der Waals surface area (Å²) in [6.07, 6.45) is 2.96. The maximum Gasteiger partial charge on any atom is 0.170 e. The average Bonchev–Trinajstić information content (AvgIpc) is 2.49. The van der Waals surface area contributed by atoms with Crippen molar-refractivity contribution in [3.8, 4) is 5.75 Å². The zero-order valence-corrected chi connectivity index (χ0v) is 13.0. The first-order valence-corrected chi connectivity index (χ1v) is 7.45. The average molecular weight is 275 g/mol. The van der Waals surface area contributed by atoms with E-state index in [1.807, 2.05) is 26.0 Å². The summed E-state index contributed by atoms with van der Waals surface area (Å²) < 4.78 is 5.33. The van der Waals surface area contributed by atoms with Crippen molar-refractivity contribution in [3.63, 3.8) is 0 Å². The number of ketones is 1. The van der Waals surface area contributed by atoms with Crippen LogP contribution in [0.2, 0.25) is 0 Å². The monoisotopic (exact) mass is 275 g/mol. The minimum atomic E-state index is -0.232. The lowest BCUT2D eigenvalue weighted by molar-refractivity contribution is 0.0729. The summed E-state index contributed by atoms with van der Waals surface area (Å²) in [5.74, 6) is 1.14. The normalized spacial score (nSPS) is 22.6. The van der Waals surface area contributed by atoms with Crippen LogP contribution in [0.15, 0.2) is 12.1 Å². The number of carbonyl (C=O) groups excluding carboxylic acids is 1. The first-order chi connectivity index (χ1) is 9.54. The van der Waals surface area contributed by atoms with Gasteiger partial charge in [0.15, 0.2) is 5.78 Å². The maximum absolute atomic E-state index is 13.0. The van der Waals surface area contributed by atoms with Gasteiger partial charge < -0.3 is 10.1 Å². The van der Waals surface area contributed by atoms with Gasteiger partial charge in [-0.2, -0.15) is 0 Å². The van der Waals surface area contributed by atoms with E-state index in [1.54, 1.807) is 7.11 Å². The van der Waals surface area contributed by atoms with Crippen molar-refractivity contribution in [2.45, 2.75) is 40.0 Å². The van der Waals surface area contributed by atoms with E-state index in [4.69, 9.17) is 4.74 Å². The van der Waals surface area contributed by atoms with Gasteiger partial charge in [-0.15, -0.1) is 0 Å². The highest BCUT2D eigenvalue weighted by atomic mass is 16.5. The molecular weight excluding hydrogens is 250 g/mol. The molecule has 1 aliphatic rings. The fourth-order valence-electron chi connectivity index (χ4n) is 3.16. The van der Waals surface area contributed by atoms with Crippen molar-refractivity contribution < 1.29 is 9.53 Å². The quantitative estimate of drug-likeness (QED) is 0.857. The second kappa shape index (κ2) is 5.96. The molecule has 0 saturated carbocycles. The van der Waals surface area contributed by atoms with Crippen LogP contribution in [-0.2, 0) is 0 Å². The van der Waals surface area contributed by atoms with Gasteiger partial charge >= 0.3 is 0 Å². The molecule has 20 heavy (non-hydrogen) atoms. The number of ether oxygens (including phenoxy) is 1. The predicted octanol–water partition coefficient (Wildman–Crippen LogP) is 3.27. The van der Waals surface area contributed by atoms with E-state index in [2.05, 4.69) is 12.2 Å². The Morgan fingerprint density at radius 2 is 2.10 bits per heavy atom. The highest BCUT2D eigenvalue weighted by molar-refractivity contribution is 6.02.